The highest BCUT2D eigenvalue weighted by Gasteiger charge is 2.16. The number of carbonyl (C=O) groups is 1. The van der Waals surface area contributed by atoms with Crippen molar-refractivity contribution in [1.29, 1.82) is 0 Å². The third-order valence-electron chi connectivity index (χ3n) is 2.61. The minimum Gasteiger partial charge on any atom is -0.370 e. The molecule has 1 aromatic rings. The number of benzene rings is 1. The number of nitrogens with zero attached hydrogens (tertiary/aromatic N) is 1. The van der Waals surface area contributed by atoms with Crippen molar-refractivity contribution < 1.29 is 4.79 Å². The fourth-order valence-corrected chi connectivity index (χ4v) is 1.68. The van der Waals surface area contributed by atoms with E-state index in [1.807, 2.05) is 37.3 Å². The molecule has 17 heavy (non-hydrogen) atoms. The Hall–Kier alpha value is -1.55. The van der Waals surface area contributed by atoms with Crippen LogP contribution in [-0.4, -0.2) is 31.6 Å². The molecule has 1 rings (SSSR count). The lowest BCUT2D eigenvalue weighted by molar-refractivity contribution is -0.122. The van der Waals surface area contributed by atoms with Gasteiger partial charge in [0.05, 0.1) is 0 Å². The van der Waals surface area contributed by atoms with E-state index in [0.717, 1.165) is 12.2 Å². The van der Waals surface area contributed by atoms with Gasteiger partial charge in [0.15, 0.2) is 0 Å². The first-order valence-electron chi connectivity index (χ1n) is 6.02. The van der Waals surface area contributed by atoms with Crippen LogP contribution >= 0.6 is 0 Å². The molecule has 1 atom stereocenters. The Kier molecular flexibility index (Phi) is 5.49. The molecule has 94 valence electrons. The van der Waals surface area contributed by atoms with Gasteiger partial charge in [-0.2, -0.15) is 0 Å². The molecular weight excluding hydrogens is 214 g/mol. The first kappa shape index (κ1) is 13.5. The zero-order valence-electron chi connectivity index (χ0n) is 10.5. The SMILES string of the molecule is CCNC(=O)[C@@H](N)CN(CC)c1ccccc1. The van der Waals surface area contributed by atoms with E-state index in [0.29, 0.717) is 13.1 Å². The number of carbonyl (C=O) groups excluding carboxylic acids is 1. The summed E-state index contributed by atoms with van der Waals surface area (Å²) in [5.74, 6) is -0.0955. The van der Waals surface area contributed by atoms with Crippen LogP contribution in [0.2, 0.25) is 0 Å². The number of amides is 1. The second-order valence-electron chi connectivity index (χ2n) is 3.88. The summed E-state index contributed by atoms with van der Waals surface area (Å²) in [4.78, 5) is 13.7. The second kappa shape index (κ2) is 6.91. The number of likely N-dealkylation sites (N-methyl/N-ethyl adjacent to an activating group) is 2. The molecule has 0 heterocycles. The van der Waals surface area contributed by atoms with Crippen LogP contribution in [0.1, 0.15) is 13.8 Å². The Morgan fingerprint density at radius 2 is 2.00 bits per heavy atom. The summed E-state index contributed by atoms with van der Waals surface area (Å²) in [7, 11) is 0. The van der Waals surface area contributed by atoms with Crippen molar-refractivity contribution >= 4 is 11.6 Å². The average Bonchev–Trinajstić information content (AvgIpc) is 2.37. The van der Waals surface area contributed by atoms with Crippen LogP contribution in [0.3, 0.4) is 0 Å². The molecule has 0 aliphatic carbocycles. The van der Waals surface area contributed by atoms with Crippen molar-refractivity contribution in [3.05, 3.63) is 30.3 Å². The maximum Gasteiger partial charge on any atom is 0.238 e. The smallest absolute Gasteiger partial charge is 0.238 e. The maximum atomic E-state index is 11.6. The Bertz CT molecular complexity index is 340. The van der Waals surface area contributed by atoms with Gasteiger partial charge in [-0.3, -0.25) is 4.79 Å². The number of anilines is 1. The van der Waals surface area contributed by atoms with Crippen LogP contribution in [0.5, 0.6) is 0 Å². The molecule has 4 nitrogen and oxygen atoms in total. The van der Waals surface area contributed by atoms with E-state index in [2.05, 4.69) is 17.1 Å². The number of rotatable bonds is 6. The molecule has 0 fully saturated rings. The second-order valence-corrected chi connectivity index (χ2v) is 3.88. The number of nitrogens with two attached hydrogens (primary N) is 1. The molecule has 0 saturated carbocycles. The van der Waals surface area contributed by atoms with Gasteiger partial charge in [0.25, 0.3) is 0 Å². The van der Waals surface area contributed by atoms with E-state index in [-0.39, 0.29) is 5.91 Å². The van der Waals surface area contributed by atoms with Crippen LogP contribution in [0.4, 0.5) is 5.69 Å². The highest BCUT2D eigenvalue weighted by molar-refractivity contribution is 5.82. The van der Waals surface area contributed by atoms with Crippen molar-refractivity contribution in [3.8, 4) is 0 Å². The number of hydrogen-bond acceptors (Lipinski definition) is 3. The molecular formula is C13H21N3O. The van der Waals surface area contributed by atoms with Crippen LogP contribution in [-0.2, 0) is 4.79 Å². The number of nitrogens with one attached hydrogen (secondary N) is 1. The van der Waals surface area contributed by atoms with E-state index < -0.39 is 6.04 Å². The van der Waals surface area contributed by atoms with Crippen molar-refractivity contribution in [2.24, 2.45) is 5.73 Å². The summed E-state index contributed by atoms with van der Waals surface area (Å²) in [5, 5.41) is 2.74. The topological polar surface area (TPSA) is 58.4 Å². The fraction of sp³-hybridized carbons (Fsp3) is 0.462. The number of hydrogen-bond donors (Lipinski definition) is 2. The average molecular weight is 235 g/mol. The molecule has 0 spiro atoms. The summed E-state index contributed by atoms with van der Waals surface area (Å²) >= 11 is 0. The van der Waals surface area contributed by atoms with Gasteiger partial charge in [-0.25, -0.2) is 0 Å². The van der Waals surface area contributed by atoms with Gasteiger partial charge in [-0.05, 0) is 26.0 Å². The highest BCUT2D eigenvalue weighted by atomic mass is 16.2. The Labute approximate surface area is 103 Å². The quantitative estimate of drug-likeness (QED) is 0.772. The van der Waals surface area contributed by atoms with E-state index in [1.165, 1.54) is 0 Å². The first-order valence-corrected chi connectivity index (χ1v) is 6.02. The summed E-state index contributed by atoms with van der Waals surface area (Å²) in [6.07, 6.45) is 0. The van der Waals surface area contributed by atoms with Crippen molar-refractivity contribution in [3.63, 3.8) is 0 Å². The third-order valence-corrected chi connectivity index (χ3v) is 2.61. The minimum atomic E-state index is -0.491. The monoisotopic (exact) mass is 235 g/mol. The van der Waals surface area contributed by atoms with E-state index in [1.54, 1.807) is 0 Å². The van der Waals surface area contributed by atoms with E-state index in [4.69, 9.17) is 5.73 Å². The molecule has 1 aromatic carbocycles. The summed E-state index contributed by atoms with van der Waals surface area (Å²) in [6.45, 7) is 5.92. The molecule has 0 radical (unpaired) electrons. The van der Waals surface area contributed by atoms with Crippen LogP contribution in [0, 0.1) is 0 Å². The lowest BCUT2D eigenvalue weighted by atomic mass is 10.2. The Morgan fingerprint density at radius 1 is 1.35 bits per heavy atom. The predicted molar refractivity (Wildman–Crippen MR) is 71.0 cm³/mol. The molecule has 0 aliphatic heterocycles. The van der Waals surface area contributed by atoms with Gasteiger partial charge in [0.1, 0.15) is 6.04 Å². The molecule has 3 N–H and O–H groups in total. The number of para-hydroxylation sites is 1. The van der Waals surface area contributed by atoms with Crippen LogP contribution < -0.4 is 16.0 Å². The van der Waals surface area contributed by atoms with Crippen molar-refractivity contribution in [2.45, 2.75) is 19.9 Å². The summed E-state index contributed by atoms with van der Waals surface area (Å²) in [6, 6.07) is 9.49. The van der Waals surface area contributed by atoms with Gasteiger partial charge in [-0.1, -0.05) is 18.2 Å². The van der Waals surface area contributed by atoms with Crippen LogP contribution in [0.25, 0.3) is 0 Å². The zero-order chi connectivity index (χ0) is 12.7. The van der Waals surface area contributed by atoms with Crippen molar-refractivity contribution in [1.82, 2.24) is 5.32 Å². The Morgan fingerprint density at radius 3 is 2.53 bits per heavy atom. The standard InChI is InChI=1S/C13H21N3O/c1-3-15-13(17)12(14)10-16(4-2)11-8-6-5-7-9-11/h5-9,12H,3-4,10,14H2,1-2H3,(H,15,17)/t12-/m0/s1. The molecule has 0 bridgehead atoms. The molecule has 1 amide bonds. The van der Waals surface area contributed by atoms with Crippen molar-refractivity contribution in [2.75, 3.05) is 24.5 Å². The zero-order valence-corrected chi connectivity index (χ0v) is 10.5. The molecule has 0 aromatic heterocycles. The highest BCUT2D eigenvalue weighted by Crippen LogP contribution is 2.12. The van der Waals surface area contributed by atoms with Gasteiger partial charge in [0, 0.05) is 25.3 Å². The molecule has 0 saturated heterocycles. The van der Waals surface area contributed by atoms with Gasteiger partial charge < -0.3 is 16.0 Å². The molecule has 0 aliphatic rings. The largest absolute Gasteiger partial charge is 0.370 e. The van der Waals surface area contributed by atoms with E-state index in [9.17, 15) is 4.79 Å². The molecule has 0 unspecified atom stereocenters. The summed E-state index contributed by atoms with van der Waals surface area (Å²) in [5.41, 5.74) is 6.96. The van der Waals surface area contributed by atoms with Gasteiger partial charge in [0.2, 0.25) is 5.91 Å². The minimum absolute atomic E-state index is 0.0955. The maximum absolute atomic E-state index is 11.6. The predicted octanol–water partition coefficient (Wildman–Crippen LogP) is 0.976. The lowest BCUT2D eigenvalue weighted by Crippen LogP contribution is -2.48. The lowest BCUT2D eigenvalue weighted by Gasteiger charge is -2.25. The fourth-order valence-electron chi connectivity index (χ4n) is 1.68. The third kappa shape index (κ3) is 4.07. The Balaban J connectivity index is 2.61. The first-order chi connectivity index (χ1) is 8.19. The molecule has 4 heteroatoms. The summed E-state index contributed by atoms with van der Waals surface area (Å²) < 4.78 is 0. The van der Waals surface area contributed by atoms with E-state index >= 15 is 0 Å². The van der Waals surface area contributed by atoms with Gasteiger partial charge in [-0.15, -0.1) is 0 Å². The normalized spacial score (nSPS) is 11.9. The van der Waals surface area contributed by atoms with Crippen LogP contribution in [0.15, 0.2) is 30.3 Å². The van der Waals surface area contributed by atoms with Gasteiger partial charge >= 0.3 is 0 Å².